The van der Waals surface area contributed by atoms with Crippen LogP contribution in [0.3, 0.4) is 0 Å². The Balaban J connectivity index is 1.68. The van der Waals surface area contributed by atoms with Gasteiger partial charge in [0.15, 0.2) is 0 Å². The molecule has 0 saturated heterocycles. The van der Waals surface area contributed by atoms with Gasteiger partial charge in [-0.15, -0.1) is 0 Å². The van der Waals surface area contributed by atoms with Gasteiger partial charge in [0.1, 0.15) is 0 Å². The van der Waals surface area contributed by atoms with Gasteiger partial charge in [0, 0.05) is 25.5 Å². The zero-order valence-electron chi connectivity index (χ0n) is 12.1. The average molecular weight is 274 g/mol. The molecule has 1 amide bonds. The van der Waals surface area contributed by atoms with Crippen molar-refractivity contribution in [3.05, 3.63) is 29.6 Å². The molecule has 20 heavy (non-hydrogen) atoms. The molecule has 1 heterocycles. The van der Waals surface area contributed by atoms with Crippen LogP contribution in [0.5, 0.6) is 0 Å². The van der Waals surface area contributed by atoms with Gasteiger partial charge in [0.25, 0.3) is 5.91 Å². The summed E-state index contributed by atoms with van der Waals surface area (Å²) in [7, 11) is 1.90. The molecule has 0 radical (unpaired) electrons. The molecule has 2 saturated carbocycles. The Morgan fingerprint density at radius 2 is 1.90 bits per heavy atom. The molecular formula is C16H22N2O2. The van der Waals surface area contributed by atoms with Crippen LogP contribution in [0.4, 0.5) is 0 Å². The Morgan fingerprint density at radius 3 is 2.50 bits per heavy atom. The molecular weight excluding hydrogens is 252 g/mol. The van der Waals surface area contributed by atoms with Gasteiger partial charge in [0.2, 0.25) is 0 Å². The fourth-order valence-corrected chi connectivity index (χ4v) is 3.91. The summed E-state index contributed by atoms with van der Waals surface area (Å²) >= 11 is 0. The van der Waals surface area contributed by atoms with Crippen LogP contribution < -0.4 is 0 Å². The number of aliphatic hydroxyl groups is 1. The van der Waals surface area contributed by atoms with Crippen molar-refractivity contribution in [1.82, 2.24) is 9.88 Å². The second-order valence-electron chi connectivity index (χ2n) is 6.44. The number of fused-ring (bicyclic) bond motifs is 1. The highest BCUT2D eigenvalue weighted by molar-refractivity contribution is 5.94. The molecule has 1 aromatic heterocycles. The third-order valence-electron chi connectivity index (χ3n) is 4.96. The molecule has 2 fully saturated rings. The smallest absolute Gasteiger partial charge is 0.255 e. The van der Waals surface area contributed by atoms with Crippen LogP contribution in [-0.4, -0.2) is 40.1 Å². The number of aromatic nitrogens is 1. The molecule has 4 atom stereocenters. The minimum absolute atomic E-state index is 0.0618. The van der Waals surface area contributed by atoms with Crippen molar-refractivity contribution in [2.75, 3.05) is 7.05 Å². The van der Waals surface area contributed by atoms with Crippen LogP contribution in [0.25, 0.3) is 0 Å². The van der Waals surface area contributed by atoms with Gasteiger partial charge in [-0.2, -0.15) is 0 Å². The number of aliphatic hydroxyl groups excluding tert-OH is 1. The molecule has 0 bridgehead atoms. The van der Waals surface area contributed by atoms with Crippen LogP contribution in [0, 0.1) is 18.8 Å². The maximum Gasteiger partial charge on any atom is 0.255 e. The number of aryl methyl sites for hydroxylation is 1. The second-order valence-corrected chi connectivity index (χ2v) is 6.44. The number of hydrogen-bond donors (Lipinski definition) is 1. The van der Waals surface area contributed by atoms with Gasteiger partial charge in [0.05, 0.1) is 11.7 Å². The number of carbonyl (C=O) groups is 1. The van der Waals surface area contributed by atoms with E-state index in [9.17, 15) is 9.90 Å². The van der Waals surface area contributed by atoms with Crippen molar-refractivity contribution in [3.8, 4) is 0 Å². The van der Waals surface area contributed by atoms with E-state index >= 15 is 0 Å². The van der Waals surface area contributed by atoms with E-state index in [1.807, 2.05) is 24.9 Å². The summed E-state index contributed by atoms with van der Waals surface area (Å²) in [6.45, 7) is 1.95. The normalized spacial score (nSPS) is 32.1. The number of rotatable bonds is 2. The van der Waals surface area contributed by atoms with E-state index in [-0.39, 0.29) is 12.0 Å². The number of nitrogens with zero attached hydrogens (tertiary/aromatic N) is 2. The summed E-state index contributed by atoms with van der Waals surface area (Å²) in [6.07, 6.45) is 7.17. The fraction of sp³-hybridized carbons (Fsp3) is 0.625. The van der Waals surface area contributed by atoms with E-state index in [1.54, 1.807) is 12.4 Å². The average Bonchev–Trinajstić information content (AvgIpc) is 2.94. The van der Waals surface area contributed by atoms with E-state index < -0.39 is 0 Å². The van der Waals surface area contributed by atoms with Crippen LogP contribution in [0.1, 0.15) is 41.6 Å². The van der Waals surface area contributed by atoms with Crippen LogP contribution in [-0.2, 0) is 0 Å². The molecule has 1 aromatic rings. The summed E-state index contributed by atoms with van der Waals surface area (Å²) < 4.78 is 0. The molecule has 4 heteroatoms. The molecule has 2 aliphatic carbocycles. The largest absolute Gasteiger partial charge is 0.393 e. The summed E-state index contributed by atoms with van der Waals surface area (Å²) in [4.78, 5) is 18.5. The predicted octanol–water partition coefficient (Wildman–Crippen LogP) is 2.01. The summed E-state index contributed by atoms with van der Waals surface area (Å²) in [5, 5.41) is 9.69. The predicted molar refractivity (Wildman–Crippen MR) is 76.3 cm³/mol. The Labute approximate surface area is 119 Å². The van der Waals surface area contributed by atoms with E-state index in [4.69, 9.17) is 0 Å². The van der Waals surface area contributed by atoms with Crippen LogP contribution in [0.15, 0.2) is 18.5 Å². The lowest BCUT2D eigenvalue weighted by Gasteiger charge is -2.25. The summed E-state index contributed by atoms with van der Waals surface area (Å²) in [5.74, 6) is 1.26. The molecule has 2 aliphatic rings. The Hall–Kier alpha value is -1.42. The summed E-state index contributed by atoms with van der Waals surface area (Å²) in [5.41, 5.74) is 1.68. The standard InChI is InChI=1S/C16H22N2O2/c1-10-3-13(9-17-8-10)16(20)18(2)14-4-11-6-15(19)7-12(11)5-14/h3,8-9,11-12,14-15,19H,4-7H2,1-2H3/t11-,12+,14?,15?. The van der Waals surface area contributed by atoms with Crippen LogP contribution in [0.2, 0.25) is 0 Å². The third-order valence-corrected chi connectivity index (χ3v) is 4.96. The minimum Gasteiger partial charge on any atom is -0.393 e. The van der Waals surface area contributed by atoms with E-state index in [0.717, 1.165) is 31.2 Å². The quantitative estimate of drug-likeness (QED) is 0.897. The van der Waals surface area contributed by atoms with E-state index in [1.165, 1.54) is 0 Å². The molecule has 108 valence electrons. The van der Waals surface area contributed by atoms with E-state index in [0.29, 0.717) is 23.4 Å². The number of pyridine rings is 1. The zero-order valence-corrected chi connectivity index (χ0v) is 12.1. The van der Waals surface area contributed by atoms with Crippen molar-refractivity contribution < 1.29 is 9.90 Å². The monoisotopic (exact) mass is 274 g/mol. The van der Waals surface area contributed by atoms with Gasteiger partial charge in [-0.3, -0.25) is 9.78 Å². The van der Waals surface area contributed by atoms with Crippen molar-refractivity contribution in [2.45, 2.75) is 44.8 Å². The maximum absolute atomic E-state index is 12.5. The number of carbonyl (C=O) groups excluding carboxylic acids is 1. The molecule has 0 aliphatic heterocycles. The van der Waals surface area contributed by atoms with Gasteiger partial charge in [-0.1, -0.05) is 0 Å². The first kappa shape index (κ1) is 13.6. The lowest BCUT2D eigenvalue weighted by Crippen LogP contribution is -2.36. The molecule has 4 nitrogen and oxygen atoms in total. The first-order valence-electron chi connectivity index (χ1n) is 7.41. The number of hydrogen-bond acceptors (Lipinski definition) is 3. The molecule has 0 aromatic carbocycles. The molecule has 1 N–H and O–H groups in total. The topological polar surface area (TPSA) is 53.4 Å². The Morgan fingerprint density at radius 1 is 1.25 bits per heavy atom. The van der Waals surface area contributed by atoms with Crippen molar-refractivity contribution in [3.63, 3.8) is 0 Å². The van der Waals surface area contributed by atoms with Crippen molar-refractivity contribution in [2.24, 2.45) is 11.8 Å². The number of amides is 1. The first-order valence-corrected chi connectivity index (χ1v) is 7.41. The highest BCUT2D eigenvalue weighted by atomic mass is 16.3. The zero-order chi connectivity index (χ0) is 14.3. The fourth-order valence-electron chi connectivity index (χ4n) is 3.91. The maximum atomic E-state index is 12.5. The lowest BCUT2D eigenvalue weighted by atomic mass is 10.0. The highest BCUT2D eigenvalue weighted by Crippen LogP contribution is 2.45. The minimum atomic E-state index is -0.118. The second kappa shape index (κ2) is 5.17. The van der Waals surface area contributed by atoms with Crippen LogP contribution >= 0.6 is 0 Å². The Bertz CT molecular complexity index is 503. The lowest BCUT2D eigenvalue weighted by molar-refractivity contribution is 0.0722. The van der Waals surface area contributed by atoms with Gasteiger partial charge >= 0.3 is 0 Å². The molecule has 3 rings (SSSR count). The third kappa shape index (κ3) is 2.44. The molecule has 2 unspecified atom stereocenters. The van der Waals surface area contributed by atoms with Gasteiger partial charge in [-0.25, -0.2) is 0 Å². The van der Waals surface area contributed by atoms with Crippen molar-refractivity contribution >= 4 is 5.91 Å². The SMILES string of the molecule is Cc1cncc(C(=O)N(C)C2C[C@H]3CC(O)C[C@H]3C2)c1. The van der Waals surface area contributed by atoms with E-state index in [2.05, 4.69) is 4.98 Å². The Kier molecular flexibility index (Phi) is 3.50. The highest BCUT2D eigenvalue weighted by Gasteiger charge is 2.43. The first-order chi connectivity index (χ1) is 9.54. The molecule has 0 spiro atoms. The van der Waals surface area contributed by atoms with Gasteiger partial charge in [-0.05, 0) is 56.1 Å². The van der Waals surface area contributed by atoms with Crippen molar-refractivity contribution in [1.29, 1.82) is 0 Å². The summed E-state index contributed by atoms with van der Waals surface area (Å²) in [6, 6.07) is 2.20. The van der Waals surface area contributed by atoms with Gasteiger partial charge < -0.3 is 10.0 Å².